The third kappa shape index (κ3) is 2.56. The van der Waals surface area contributed by atoms with Gasteiger partial charge in [0.05, 0.1) is 5.56 Å². The van der Waals surface area contributed by atoms with Crippen molar-refractivity contribution in [3.8, 4) is 22.3 Å². The Morgan fingerprint density at radius 1 is 0.955 bits per heavy atom. The summed E-state index contributed by atoms with van der Waals surface area (Å²) in [5.41, 5.74) is 1.65. The number of benzene rings is 1. The number of carbonyl (C=O) groups is 1. The first kappa shape index (κ1) is 13.9. The zero-order valence-corrected chi connectivity index (χ0v) is 11.4. The molecule has 1 N–H and O–H groups in total. The van der Waals surface area contributed by atoms with Crippen molar-refractivity contribution >= 4 is 5.97 Å². The molecule has 4 nitrogen and oxygen atoms in total. The van der Waals surface area contributed by atoms with Crippen molar-refractivity contribution in [2.24, 2.45) is 0 Å². The number of aromatic carboxylic acids is 1. The summed E-state index contributed by atoms with van der Waals surface area (Å²) in [7, 11) is 0. The highest BCUT2D eigenvalue weighted by Crippen LogP contribution is 2.30. The summed E-state index contributed by atoms with van der Waals surface area (Å²) in [6, 6.07) is 9.81. The molecule has 0 atom stereocenters. The lowest BCUT2D eigenvalue weighted by molar-refractivity contribution is 0.0692. The molecule has 0 amide bonds. The monoisotopic (exact) mass is 294 g/mol. The highest BCUT2D eigenvalue weighted by atomic mass is 19.1. The Morgan fingerprint density at radius 3 is 2.14 bits per heavy atom. The molecule has 22 heavy (non-hydrogen) atoms. The molecule has 0 aliphatic heterocycles. The molecule has 1 aromatic carbocycles. The van der Waals surface area contributed by atoms with Crippen LogP contribution >= 0.6 is 0 Å². The van der Waals surface area contributed by atoms with E-state index in [1.54, 1.807) is 48.9 Å². The number of rotatable bonds is 3. The fourth-order valence-corrected chi connectivity index (χ4v) is 2.21. The van der Waals surface area contributed by atoms with E-state index < -0.39 is 11.8 Å². The van der Waals surface area contributed by atoms with Crippen LogP contribution in [0.25, 0.3) is 22.3 Å². The summed E-state index contributed by atoms with van der Waals surface area (Å²) >= 11 is 0. The van der Waals surface area contributed by atoms with E-state index in [1.807, 2.05) is 0 Å². The van der Waals surface area contributed by atoms with Gasteiger partial charge in [-0.15, -0.1) is 0 Å². The van der Waals surface area contributed by atoms with E-state index in [4.69, 9.17) is 0 Å². The number of carboxylic acids is 1. The van der Waals surface area contributed by atoms with Crippen LogP contribution in [0.15, 0.2) is 61.2 Å². The molecule has 0 saturated heterocycles. The Morgan fingerprint density at radius 2 is 1.59 bits per heavy atom. The third-order valence-corrected chi connectivity index (χ3v) is 3.27. The Kier molecular flexibility index (Phi) is 3.62. The molecule has 0 unspecified atom stereocenters. The van der Waals surface area contributed by atoms with Crippen molar-refractivity contribution in [2.45, 2.75) is 0 Å². The van der Waals surface area contributed by atoms with Crippen molar-refractivity contribution in [3.05, 3.63) is 72.6 Å². The maximum absolute atomic E-state index is 14.5. The van der Waals surface area contributed by atoms with Crippen LogP contribution in [0.5, 0.6) is 0 Å². The van der Waals surface area contributed by atoms with Crippen molar-refractivity contribution in [3.63, 3.8) is 0 Å². The van der Waals surface area contributed by atoms with Gasteiger partial charge < -0.3 is 5.11 Å². The van der Waals surface area contributed by atoms with E-state index in [0.717, 1.165) is 5.56 Å². The largest absolute Gasteiger partial charge is 0.478 e. The van der Waals surface area contributed by atoms with E-state index in [-0.39, 0.29) is 11.1 Å². The molecule has 0 radical (unpaired) electrons. The maximum Gasteiger partial charge on any atom is 0.338 e. The summed E-state index contributed by atoms with van der Waals surface area (Å²) < 4.78 is 14.5. The van der Waals surface area contributed by atoms with Crippen LogP contribution in [0, 0.1) is 5.82 Å². The maximum atomic E-state index is 14.5. The molecule has 2 aromatic heterocycles. The fourth-order valence-electron chi connectivity index (χ4n) is 2.21. The van der Waals surface area contributed by atoms with Gasteiger partial charge in [-0.25, -0.2) is 9.18 Å². The zero-order valence-electron chi connectivity index (χ0n) is 11.4. The van der Waals surface area contributed by atoms with E-state index >= 15 is 0 Å². The van der Waals surface area contributed by atoms with Gasteiger partial charge in [0.2, 0.25) is 0 Å². The molecule has 0 bridgehead atoms. The van der Waals surface area contributed by atoms with Crippen LogP contribution in [0.2, 0.25) is 0 Å². The molecule has 0 spiro atoms. The minimum absolute atomic E-state index is 0.201. The Balaban J connectivity index is 2.26. The molecular weight excluding hydrogens is 283 g/mol. The molecule has 5 heteroatoms. The topological polar surface area (TPSA) is 63.1 Å². The van der Waals surface area contributed by atoms with Gasteiger partial charge in [0.25, 0.3) is 0 Å². The van der Waals surface area contributed by atoms with E-state index in [1.165, 1.54) is 12.3 Å². The Labute approximate surface area is 125 Å². The molecule has 0 saturated carbocycles. The number of nitrogens with zero attached hydrogens (tertiary/aromatic N) is 2. The number of pyridine rings is 2. The van der Waals surface area contributed by atoms with Gasteiger partial charge in [-0.3, -0.25) is 9.97 Å². The van der Waals surface area contributed by atoms with Crippen LogP contribution in [-0.4, -0.2) is 21.0 Å². The van der Waals surface area contributed by atoms with Crippen molar-refractivity contribution in [1.29, 1.82) is 0 Å². The zero-order chi connectivity index (χ0) is 15.5. The first-order chi connectivity index (χ1) is 10.7. The van der Waals surface area contributed by atoms with Gasteiger partial charge in [-0.05, 0) is 29.8 Å². The average molecular weight is 294 g/mol. The van der Waals surface area contributed by atoms with E-state index in [0.29, 0.717) is 11.1 Å². The predicted molar refractivity (Wildman–Crippen MR) is 79.8 cm³/mol. The van der Waals surface area contributed by atoms with Crippen LogP contribution in [0.1, 0.15) is 10.4 Å². The number of carboxylic acid groups (broad SMARTS) is 1. The van der Waals surface area contributed by atoms with Crippen LogP contribution in [0.3, 0.4) is 0 Å². The average Bonchev–Trinajstić information content (AvgIpc) is 2.56. The summed E-state index contributed by atoms with van der Waals surface area (Å²) in [4.78, 5) is 19.3. The van der Waals surface area contributed by atoms with E-state index in [2.05, 4.69) is 9.97 Å². The highest BCUT2D eigenvalue weighted by molar-refractivity contribution is 5.92. The number of hydrogen-bond donors (Lipinski definition) is 1. The smallest absolute Gasteiger partial charge is 0.338 e. The molecule has 3 aromatic rings. The lowest BCUT2D eigenvalue weighted by Gasteiger charge is -2.10. The second kappa shape index (κ2) is 5.73. The lowest BCUT2D eigenvalue weighted by Crippen LogP contribution is -2.03. The van der Waals surface area contributed by atoms with Crippen LogP contribution in [-0.2, 0) is 0 Å². The Hall–Kier alpha value is -3.08. The van der Waals surface area contributed by atoms with Crippen LogP contribution in [0.4, 0.5) is 4.39 Å². The summed E-state index contributed by atoms with van der Waals surface area (Å²) in [6.07, 6.45) is 6.29. The molecule has 3 rings (SSSR count). The lowest BCUT2D eigenvalue weighted by atomic mass is 9.97. The van der Waals surface area contributed by atoms with Gasteiger partial charge in [-0.1, -0.05) is 12.1 Å². The molecule has 0 aliphatic carbocycles. The quantitative estimate of drug-likeness (QED) is 0.801. The van der Waals surface area contributed by atoms with Crippen molar-refractivity contribution in [1.82, 2.24) is 9.97 Å². The standard InChI is InChI=1S/C17H11FN2O2/c18-16-14(12-4-2-6-20-10-12)7-13(8-15(16)17(21)22)11-3-1-5-19-9-11/h1-10H,(H,21,22). The Bertz CT molecular complexity index is 821. The third-order valence-electron chi connectivity index (χ3n) is 3.27. The second-order valence-corrected chi connectivity index (χ2v) is 4.67. The van der Waals surface area contributed by atoms with Crippen molar-refractivity contribution < 1.29 is 14.3 Å². The van der Waals surface area contributed by atoms with E-state index in [9.17, 15) is 14.3 Å². The summed E-state index contributed by atoms with van der Waals surface area (Å²) in [5.74, 6) is -2.08. The molecule has 0 fully saturated rings. The minimum Gasteiger partial charge on any atom is -0.478 e. The normalized spacial score (nSPS) is 10.4. The molecule has 0 aliphatic rings. The van der Waals surface area contributed by atoms with Gasteiger partial charge in [0, 0.05) is 41.5 Å². The molecular formula is C17H11FN2O2. The highest BCUT2D eigenvalue weighted by Gasteiger charge is 2.18. The first-order valence-corrected chi connectivity index (χ1v) is 6.54. The van der Waals surface area contributed by atoms with Crippen molar-refractivity contribution in [2.75, 3.05) is 0 Å². The SMILES string of the molecule is O=C(O)c1cc(-c2cccnc2)cc(-c2cccnc2)c1F. The number of aromatic nitrogens is 2. The van der Waals surface area contributed by atoms with Gasteiger partial charge in [0.1, 0.15) is 5.82 Å². The first-order valence-electron chi connectivity index (χ1n) is 6.54. The van der Waals surface area contributed by atoms with Gasteiger partial charge in [-0.2, -0.15) is 0 Å². The minimum atomic E-state index is -1.31. The number of halogens is 1. The van der Waals surface area contributed by atoms with Crippen LogP contribution < -0.4 is 0 Å². The summed E-state index contributed by atoms with van der Waals surface area (Å²) in [6.45, 7) is 0. The van der Waals surface area contributed by atoms with Gasteiger partial charge in [0.15, 0.2) is 0 Å². The van der Waals surface area contributed by atoms with Gasteiger partial charge >= 0.3 is 5.97 Å². The fraction of sp³-hybridized carbons (Fsp3) is 0. The molecule has 108 valence electrons. The molecule has 2 heterocycles. The summed E-state index contributed by atoms with van der Waals surface area (Å²) in [5, 5.41) is 9.24. The number of hydrogen-bond acceptors (Lipinski definition) is 3. The second-order valence-electron chi connectivity index (χ2n) is 4.67. The predicted octanol–water partition coefficient (Wildman–Crippen LogP) is 3.65.